The van der Waals surface area contributed by atoms with Gasteiger partial charge < -0.3 is 14.8 Å². The van der Waals surface area contributed by atoms with Crippen LogP contribution in [0.2, 0.25) is 0 Å². The Hall–Kier alpha value is -2.02. The molecule has 0 bridgehead atoms. The van der Waals surface area contributed by atoms with E-state index in [-0.39, 0.29) is 23.0 Å². The van der Waals surface area contributed by atoms with Crippen molar-refractivity contribution in [3.8, 4) is 5.75 Å². The summed E-state index contributed by atoms with van der Waals surface area (Å²) < 4.78 is 10.1. The Balaban J connectivity index is 1.96. The number of hydrogen-bond acceptors (Lipinski definition) is 6. The molecule has 2 rings (SSSR count). The fourth-order valence-electron chi connectivity index (χ4n) is 2.40. The van der Waals surface area contributed by atoms with Gasteiger partial charge in [0.15, 0.2) is 5.17 Å². The molecule has 1 amide bonds. The summed E-state index contributed by atoms with van der Waals surface area (Å²) in [5.41, 5.74) is 0.918. The number of carbonyl (C=O) groups excluding carboxylic acids is 2. The molecule has 6 nitrogen and oxygen atoms in total. The van der Waals surface area contributed by atoms with Gasteiger partial charge in [0.1, 0.15) is 11.0 Å². The van der Waals surface area contributed by atoms with Crippen molar-refractivity contribution in [1.82, 2.24) is 5.32 Å². The Labute approximate surface area is 146 Å². The first-order valence-corrected chi connectivity index (χ1v) is 8.79. The zero-order valence-corrected chi connectivity index (χ0v) is 14.9. The Morgan fingerprint density at radius 2 is 2.04 bits per heavy atom. The van der Waals surface area contributed by atoms with E-state index < -0.39 is 0 Å². The number of esters is 1. The number of aliphatic imine (C=N–C) groups is 1. The third-order valence-electron chi connectivity index (χ3n) is 3.68. The highest BCUT2D eigenvalue weighted by atomic mass is 32.2. The van der Waals surface area contributed by atoms with E-state index in [1.54, 1.807) is 14.0 Å². The number of rotatable bonds is 6. The number of nitrogens with one attached hydrogen (secondary N) is 1. The highest BCUT2D eigenvalue weighted by Gasteiger charge is 2.30. The SMILES string of the molecule is CCOC(=O)C1CN=C(NC(=O)[C@@H](CC)c2ccc(OC)cc2)S1. The van der Waals surface area contributed by atoms with Crippen molar-refractivity contribution in [2.45, 2.75) is 31.4 Å². The summed E-state index contributed by atoms with van der Waals surface area (Å²) >= 11 is 1.24. The van der Waals surface area contributed by atoms with Gasteiger partial charge in [-0.3, -0.25) is 14.6 Å². The van der Waals surface area contributed by atoms with Gasteiger partial charge in [-0.25, -0.2) is 0 Å². The van der Waals surface area contributed by atoms with Crippen molar-refractivity contribution in [3.05, 3.63) is 29.8 Å². The molecule has 1 N–H and O–H groups in total. The van der Waals surface area contributed by atoms with Crippen LogP contribution < -0.4 is 10.1 Å². The molecule has 1 heterocycles. The van der Waals surface area contributed by atoms with Crippen LogP contribution in [-0.2, 0) is 14.3 Å². The van der Waals surface area contributed by atoms with Gasteiger partial charge in [-0.15, -0.1) is 0 Å². The van der Waals surface area contributed by atoms with Crippen molar-refractivity contribution >= 4 is 28.8 Å². The van der Waals surface area contributed by atoms with Gasteiger partial charge in [0.05, 0.1) is 26.2 Å². The minimum Gasteiger partial charge on any atom is -0.497 e. The third kappa shape index (κ3) is 4.50. The first-order chi connectivity index (χ1) is 11.6. The van der Waals surface area contributed by atoms with E-state index in [9.17, 15) is 9.59 Å². The Kier molecular flexibility index (Phi) is 6.66. The number of amidine groups is 1. The van der Waals surface area contributed by atoms with Gasteiger partial charge in [-0.1, -0.05) is 30.8 Å². The van der Waals surface area contributed by atoms with E-state index in [1.165, 1.54) is 11.8 Å². The number of benzene rings is 1. The van der Waals surface area contributed by atoms with Crippen LogP contribution in [-0.4, -0.2) is 42.6 Å². The van der Waals surface area contributed by atoms with Crippen LogP contribution in [0.5, 0.6) is 5.75 Å². The maximum Gasteiger partial charge on any atom is 0.321 e. The van der Waals surface area contributed by atoms with Crippen LogP contribution in [0.3, 0.4) is 0 Å². The molecule has 24 heavy (non-hydrogen) atoms. The van der Waals surface area contributed by atoms with E-state index in [0.29, 0.717) is 24.7 Å². The molecule has 0 saturated heterocycles. The van der Waals surface area contributed by atoms with Crippen molar-refractivity contribution in [2.75, 3.05) is 20.3 Å². The third-order valence-corrected chi connectivity index (χ3v) is 4.76. The number of ether oxygens (including phenoxy) is 2. The summed E-state index contributed by atoms with van der Waals surface area (Å²) in [6, 6.07) is 7.45. The lowest BCUT2D eigenvalue weighted by Gasteiger charge is -2.16. The minimum absolute atomic E-state index is 0.126. The molecule has 1 aromatic carbocycles. The maximum atomic E-state index is 12.5. The molecule has 0 radical (unpaired) electrons. The van der Waals surface area contributed by atoms with Crippen LogP contribution in [0, 0.1) is 0 Å². The first kappa shape index (κ1) is 18.3. The van der Waals surface area contributed by atoms with Crippen LogP contribution >= 0.6 is 11.8 Å². The fraction of sp³-hybridized carbons (Fsp3) is 0.471. The number of nitrogens with zero attached hydrogens (tertiary/aromatic N) is 1. The zero-order chi connectivity index (χ0) is 17.5. The standard InChI is InChI=1S/C17H22N2O4S/c1-4-13(11-6-8-12(22-3)9-7-11)15(20)19-17-18-10-14(24-17)16(21)23-5-2/h6-9,13-14H,4-5,10H2,1-3H3,(H,18,19,20)/t13-,14?/m0/s1. The molecule has 0 fully saturated rings. The lowest BCUT2D eigenvalue weighted by Crippen LogP contribution is -2.33. The Bertz CT molecular complexity index is 616. The first-order valence-electron chi connectivity index (χ1n) is 7.91. The predicted octanol–water partition coefficient (Wildman–Crippen LogP) is 2.34. The maximum absolute atomic E-state index is 12.5. The molecule has 0 saturated carbocycles. The van der Waals surface area contributed by atoms with E-state index in [1.807, 2.05) is 31.2 Å². The average Bonchev–Trinajstić information content (AvgIpc) is 3.05. The number of amides is 1. The Morgan fingerprint density at radius 3 is 2.62 bits per heavy atom. The second kappa shape index (κ2) is 8.73. The van der Waals surface area contributed by atoms with Crippen LogP contribution in [0.15, 0.2) is 29.3 Å². The molecule has 1 aliphatic rings. The van der Waals surface area contributed by atoms with E-state index in [2.05, 4.69) is 10.3 Å². The van der Waals surface area contributed by atoms with Gasteiger partial charge in [0.2, 0.25) is 5.91 Å². The second-order valence-electron chi connectivity index (χ2n) is 5.23. The Morgan fingerprint density at radius 1 is 1.33 bits per heavy atom. The average molecular weight is 350 g/mol. The lowest BCUT2D eigenvalue weighted by atomic mass is 9.95. The smallest absolute Gasteiger partial charge is 0.321 e. The molecule has 2 atom stereocenters. The normalized spacial score (nSPS) is 17.8. The highest BCUT2D eigenvalue weighted by molar-refractivity contribution is 8.15. The molecule has 1 aliphatic heterocycles. The van der Waals surface area contributed by atoms with Gasteiger partial charge >= 0.3 is 5.97 Å². The summed E-state index contributed by atoms with van der Waals surface area (Å²) in [7, 11) is 1.61. The summed E-state index contributed by atoms with van der Waals surface area (Å²) in [5, 5.41) is 2.92. The molecule has 0 aromatic heterocycles. The number of thioether (sulfide) groups is 1. The molecule has 7 heteroatoms. The number of hydrogen-bond donors (Lipinski definition) is 1. The van der Waals surface area contributed by atoms with Gasteiger partial charge in [0, 0.05) is 0 Å². The molecule has 0 spiro atoms. The highest BCUT2D eigenvalue weighted by Crippen LogP contribution is 2.25. The van der Waals surface area contributed by atoms with Gasteiger partial charge in [0.25, 0.3) is 0 Å². The quantitative estimate of drug-likeness (QED) is 0.797. The number of methoxy groups -OCH3 is 1. The molecule has 1 aromatic rings. The van der Waals surface area contributed by atoms with Crippen molar-refractivity contribution in [2.24, 2.45) is 4.99 Å². The number of carbonyl (C=O) groups is 2. The molecule has 1 unspecified atom stereocenters. The second-order valence-corrected chi connectivity index (χ2v) is 6.42. The van der Waals surface area contributed by atoms with Crippen LogP contribution in [0.1, 0.15) is 31.7 Å². The summed E-state index contributed by atoms with van der Waals surface area (Å²) in [5.74, 6) is 0.0546. The molecular formula is C17H22N2O4S. The zero-order valence-electron chi connectivity index (χ0n) is 14.1. The summed E-state index contributed by atoms with van der Waals surface area (Å²) in [6.07, 6.45) is 0.664. The summed E-state index contributed by atoms with van der Waals surface area (Å²) in [6.45, 7) is 4.40. The van der Waals surface area contributed by atoms with Crippen molar-refractivity contribution in [3.63, 3.8) is 0 Å². The van der Waals surface area contributed by atoms with Gasteiger partial charge in [-0.05, 0) is 31.0 Å². The predicted molar refractivity (Wildman–Crippen MR) is 94.5 cm³/mol. The van der Waals surface area contributed by atoms with E-state index in [0.717, 1.165) is 11.3 Å². The van der Waals surface area contributed by atoms with Gasteiger partial charge in [-0.2, -0.15) is 0 Å². The lowest BCUT2D eigenvalue weighted by molar-refractivity contribution is -0.142. The monoisotopic (exact) mass is 350 g/mol. The topological polar surface area (TPSA) is 77.0 Å². The molecular weight excluding hydrogens is 328 g/mol. The summed E-state index contributed by atoms with van der Waals surface area (Å²) in [4.78, 5) is 28.5. The molecule has 130 valence electrons. The van der Waals surface area contributed by atoms with E-state index in [4.69, 9.17) is 9.47 Å². The van der Waals surface area contributed by atoms with Crippen molar-refractivity contribution in [1.29, 1.82) is 0 Å². The van der Waals surface area contributed by atoms with Crippen molar-refractivity contribution < 1.29 is 19.1 Å². The van der Waals surface area contributed by atoms with E-state index >= 15 is 0 Å². The van der Waals surface area contributed by atoms with Crippen LogP contribution in [0.4, 0.5) is 0 Å². The largest absolute Gasteiger partial charge is 0.497 e. The van der Waals surface area contributed by atoms with Crippen LogP contribution in [0.25, 0.3) is 0 Å². The minimum atomic E-state index is -0.374. The molecule has 0 aliphatic carbocycles. The fourth-order valence-corrected chi connectivity index (χ4v) is 3.29.